The van der Waals surface area contributed by atoms with Crippen LogP contribution in [0.25, 0.3) is 0 Å². The number of amides is 2. The number of allylic oxidation sites excluding steroid dienone is 2. The predicted octanol–water partition coefficient (Wildman–Crippen LogP) is 6.61. The average molecular weight is 881 g/mol. The zero-order chi connectivity index (χ0) is 45.0. The summed E-state index contributed by atoms with van der Waals surface area (Å²) in [5.41, 5.74) is 5.90. The molecule has 2 atom stereocenters. The van der Waals surface area contributed by atoms with Crippen molar-refractivity contribution in [3.63, 3.8) is 0 Å². The lowest BCUT2D eigenvalue weighted by molar-refractivity contribution is -0.141. The van der Waals surface area contributed by atoms with Gasteiger partial charge in [-0.1, -0.05) is 23.3 Å². The van der Waals surface area contributed by atoms with Gasteiger partial charge in [-0.05, 0) is 68.1 Å². The van der Waals surface area contributed by atoms with E-state index in [-0.39, 0.29) is 62.7 Å². The molecule has 0 aromatic heterocycles. The molecule has 2 amide bonds. The number of benzene rings is 3. The minimum Gasteiger partial charge on any atom is -0.493 e. The molecule has 64 heavy (non-hydrogen) atoms. The van der Waals surface area contributed by atoms with E-state index in [1.165, 1.54) is 18.3 Å². The van der Waals surface area contributed by atoms with E-state index in [4.69, 9.17) is 47.9 Å². The maximum absolute atomic E-state index is 13.7. The fourth-order valence-electron chi connectivity index (χ4n) is 7.85. The second kappa shape index (κ2) is 21.9. The van der Waals surface area contributed by atoms with Crippen LogP contribution in [-0.4, -0.2) is 133 Å². The predicted molar refractivity (Wildman–Crippen MR) is 238 cm³/mol. The summed E-state index contributed by atoms with van der Waals surface area (Å²) >= 11 is 0. The molecule has 0 N–H and O–H groups in total. The molecule has 0 spiro atoms. The first-order valence-corrected chi connectivity index (χ1v) is 21.5. The van der Waals surface area contributed by atoms with Crippen LogP contribution < -0.4 is 23.7 Å². The molecule has 4 aliphatic rings. The smallest absolute Gasteiger partial charge is 0.307 e. The number of ether oxygens (including phenoxy) is 9. The van der Waals surface area contributed by atoms with Crippen molar-refractivity contribution in [3.8, 4) is 28.7 Å². The van der Waals surface area contributed by atoms with Gasteiger partial charge >= 0.3 is 5.97 Å². The minimum atomic E-state index is -0.318. The molecule has 340 valence electrons. The van der Waals surface area contributed by atoms with Crippen LogP contribution in [0.5, 0.6) is 28.7 Å². The van der Waals surface area contributed by atoms with Crippen LogP contribution in [0.2, 0.25) is 0 Å². The van der Waals surface area contributed by atoms with Gasteiger partial charge in [0.15, 0.2) is 23.0 Å². The summed E-state index contributed by atoms with van der Waals surface area (Å²) in [6, 6.07) is 12.4. The molecule has 0 bridgehead atoms. The van der Waals surface area contributed by atoms with E-state index in [1.807, 2.05) is 54.3 Å². The number of hydrogen-bond acceptors (Lipinski definition) is 14. The van der Waals surface area contributed by atoms with Crippen molar-refractivity contribution in [2.45, 2.75) is 58.4 Å². The zero-order valence-electron chi connectivity index (χ0n) is 37.1. The molecule has 3 aromatic rings. The van der Waals surface area contributed by atoms with Gasteiger partial charge in [0.1, 0.15) is 25.6 Å². The molecule has 16 nitrogen and oxygen atoms in total. The largest absolute Gasteiger partial charge is 0.493 e. The van der Waals surface area contributed by atoms with Crippen LogP contribution in [0.3, 0.4) is 0 Å². The maximum atomic E-state index is 13.7. The van der Waals surface area contributed by atoms with Crippen LogP contribution in [0.4, 0.5) is 11.4 Å². The number of hydrogen-bond donors (Lipinski definition) is 0. The summed E-state index contributed by atoms with van der Waals surface area (Å²) in [5.74, 6) is 1.74. The Labute approximate surface area is 373 Å². The van der Waals surface area contributed by atoms with Crippen molar-refractivity contribution in [2.75, 3.05) is 80.7 Å². The van der Waals surface area contributed by atoms with E-state index < -0.39 is 0 Å². The zero-order valence-corrected chi connectivity index (χ0v) is 37.1. The molecule has 0 aliphatic carbocycles. The van der Waals surface area contributed by atoms with Crippen LogP contribution in [0.1, 0.15) is 65.0 Å². The van der Waals surface area contributed by atoms with E-state index in [1.54, 1.807) is 38.5 Å². The van der Waals surface area contributed by atoms with Gasteiger partial charge in [-0.3, -0.25) is 24.4 Å². The molecule has 0 saturated carbocycles. The van der Waals surface area contributed by atoms with Gasteiger partial charge in [0, 0.05) is 37.7 Å². The standard InChI is InChI=1S/C48H56N4O12/c1-6-31-17-35-25-49-40-23-44(42(56-3)21-38(40)47(54)51(35)27-31)63-29-33-16-34(20-37(19-33)62-15-14-61-13-12-60-11-10-59-9-8-46(53)58-5)30-64-45-24-41-39(22-43(45)57-4)48(55)52-28-32(7-2)18-36(52)26-50-41/h6-7,16,19-26,35-36H,8-15,17-18,27-30H2,1-5H3/t35-,36-/m0/s1. The third-order valence-corrected chi connectivity index (χ3v) is 11.4. The first kappa shape index (κ1) is 45.8. The molecule has 16 heteroatoms. The van der Waals surface area contributed by atoms with Gasteiger partial charge < -0.3 is 52.4 Å². The average Bonchev–Trinajstić information content (AvgIpc) is 3.89. The van der Waals surface area contributed by atoms with E-state index >= 15 is 0 Å². The van der Waals surface area contributed by atoms with Gasteiger partial charge in [0.25, 0.3) is 11.8 Å². The van der Waals surface area contributed by atoms with Crippen LogP contribution >= 0.6 is 0 Å². The Morgan fingerprint density at radius 3 is 1.53 bits per heavy atom. The molecule has 0 radical (unpaired) electrons. The van der Waals surface area contributed by atoms with Crippen molar-refractivity contribution in [2.24, 2.45) is 9.98 Å². The molecular weight excluding hydrogens is 825 g/mol. The number of aliphatic imine (C=N–C) groups is 2. The Kier molecular flexibility index (Phi) is 15.7. The lowest BCUT2D eigenvalue weighted by Crippen LogP contribution is -2.35. The Morgan fingerprint density at radius 2 is 1.08 bits per heavy atom. The Hall–Kier alpha value is -6.23. The highest BCUT2D eigenvalue weighted by Crippen LogP contribution is 2.41. The van der Waals surface area contributed by atoms with E-state index in [0.717, 1.165) is 24.0 Å². The quantitative estimate of drug-likeness (QED) is 0.0640. The number of methoxy groups -OCH3 is 3. The highest BCUT2D eigenvalue weighted by atomic mass is 16.6. The van der Waals surface area contributed by atoms with Gasteiger partial charge in [0.05, 0.1) is 102 Å². The number of esters is 1. The molecule has 4 aliphatic heterocycles. The second-order valence-corrected chi connectivity index (χ2v) is 15.5. The fourth-order valence-corrected chi connectivity index (χ4v) is 7.85. The highest BCUT2D eigenvalue weighted by molar-refractivity contribution is 6.04. The third kappa shape index (κ3) is 11.1. The lowest BCUT2D eigenvalue weighted by Gasteiger charge is -2.20. The first-order valence-electron chi connectivity index (χ1n) is 21.5. The lowest BCUT2D eigenvalue weighted by atomic mass is 10.1. The van der Waals surface area contributed by atoms with Gasteiger partial charge in [-0.25, -0.2) is 0 Å². The summed E-state index contributed by atoms with van der Waals surface area (Å²) in [6.45, 7) is 7.69. The molecule has 0 unspecified atom stereocenters. The number of fused-ring (bicyclic) bond motifs is 4. The van der Waals surface area contributed by atoms with Crippen molar-refractivity contribution in [3.05, 3.63) is 88.0 Å². The van der Waals surface area contributed by atoms with Crippen LogP contribution in [-0.2, 0) is 37.0 Å². The second-order valence-electron chi connectivity index (χ2n) is 15.5. The Morgan fingerprint density at radius 1 is 0.609 bits per heavy atom. The van der Waals surface area contributed by atoms with Gasteiger partial charge in [-0.15, -0.1) is 0 Å². The summed E-state index contributed by atoms with van der Waals surface area (Å²) < 4.78 is 51.6. The number of rotatable bonds is 21. The summed E-state index contributed by atoms with van der Waals surface area (Å²) in [6.07, 6.45) is 9.49. The van der Waals surface area contributed by atoms with Crippen molar-refractivity contribution in [1.82, 2.24) is 9.80 Å². The van der Waals surface area contributed by atoms with E-state index in [9.17, 15) is 14.4 Å². The molecule has 7 rings (SSSR count). The topological polar surface area (TPSA) is 165 Å². The van der Waals surface area contributed by atoms with Gasteiger partial charge in [0.2, 0.25) is 0 Å². The molecule has 2 saturated heterocycles. The van der Waals surface area contributed by atoms with Gasteiger partial charge in [-0.2, -0.15) is 0 Å². The summed E-state index contributed by atoms with van der Waals surface area (Å²) in [4.78, 5) is 51.6. The molecular formula is C48H56N4O12. The number of nitrogens with zero attached hydrogens (tertiary/aromatic N) is 4. The maximum Gasteiger partial charge on any atom is 0.307 e. The minimum absolute atomic E-state index is 0.100. The van der Waals surface area contributed by atoms with E-state index in [0.29, 0.717) is 97.4 Å². The third-order valence-electron chi connectivity index (χ3n) is 11.4. The number of carbonyl (C=O) groups excluding carboxylic acids is 3. The Balaban J connectivity index is 1.03. The molecule has 2 fully saturated rings. The van der Waals surface area contributed by atoms with Crippen molar-refractivity contribution >= 4 is 41.6 Å². The molecule has 3 aromatic carbocycles. The van der Waals surface area contributed by atoms with Crippen LogP contribution in [0, 0.1) is 0 Å². The SMILES string of the molecule is CC=C1C[C@H]2C=Nc3cc(OCc4cc(COc5cc6c(cc5OC)C(=O)N5CC(=CC)C[C@H]5C=N6)cc(OCCOCCOCCOCCC(=O)OC)c4)c(OC)cc3C(=O)N2C1. The Bertz CT molecular complexity index is 2170. The monoisotopic (exact) mass is 880 g/mol. The highest BCUT2D eigenvalue weighted by Gasteiger charge is 2.36. The molecule has 4 heterocycles. The first-order chi connectivity index (χ1) is 31.2. The normalized spacial score (nSPS) is 18.6. The summed E-state index contributed by atoms with van der Waals surface area (Å²) in [5, 5.41) is 0. The summed E-state index contributed by atoms with van der Waals surface area (Å²) in [7, 11) is 4.42. The fraction of sp³-hybridized carbons (Fsp3) is 0.438. The van der Waals surface area contributed by atoms with E-state index in [2.05, 4.69) is 16.9 Å². The van der Waals surface area contributed by atoms with Crippen molar-refractivity contribution < 1.29 is 57.0 Å². The van der Waals surface area contributed by atoms with Crippen LogP contribution in [0.15, 0.2) is 75.7 Å². The number of carbonyl (C=O) groups is 3. The van der Waals surface area contributed by atoms with Crippen molar-refractivity contribution in [1.29, 1.82) is 0 Å².